The second-order valence-corrected chi connectivity index (χ2v) is 2.64. The Morgan fingerprint density at radius 2 is 2.25 bits per heavy atom. The quantitative estimate of drug-likeness (QED) is 0.742. The van der Waals surface area contributed by atoms with Crippen molar-refractivity contribution in [1.29, 1.82) is 0 Å². The van der Waals surface area contributed by atoms with Crippen molar-refractivity contribution in [3.8, 4) is 5.88 Å². The number of hydrogen-bond donors (Lipinski definition) is 1. The van der Waals surface area contributed by atoms with Gasteiger partial charge in [0.1, 0.15) is 0 Å². The van der Waals surface area contributed by atoms with Gasteiger partial charge in [0.2, 0.25) is 0 Å². The molecule has 0 saturated carbocycles. The number of aromatic nitrogens is 1. The monoisotopic (exact) mass is 168 g/mol. The molecule has 12 heavy (non-hydrogen) atoms. The van der Waals surface area contributed by atoms with Crippen molar-refractivity contribution in [3.05, 3.63) is 12.3 Å². The van der Waals surface area contributed by atoms with Crippen molar-refractivity contribution in [2.24, 2.45) is 7.05 Å². The zero-order valence-corrected chi connectivity index (χ0v) is 7.92. The van der Waals surface area contributed by atoms with Crippen molar-refractivity contribution >= 4 is 5.69 Å². The van der Waals surface area contributed by atoms with E-state index in [-0.39, 0.29) is 0 Å². The highest BCUT2D eigenvalue weighted by atomic mass is 16.5. The number of rotatable bonds is 4. The lowest BCUT2D eigenvalue weighted by atomic mass is 10.5. The van der Waals surface area contributed by atoms with Gasteiger partial charge in [-0.25, -0.2) is 0 Å². The van der Waals surface area contributed by atoms with E-state index in [0.717, 1.165) is 18.1 Å². The van der Waals surface area contributed by atoms with Gasteiger partial charge in [-0.3, -0.25) is 0 Å². The lowest BCUT2D eigenvalue weighted by Crippen LogP contribution is -1.96. The summed E-state index contributed by atoms with van der Waals surface area (Å²) in [5.41, 5.74) is 1.11. The van der Waals surface area contributed by atoms with Gasteiger partial charge in [-0.05, 0) is 13.8 Å². The van der Waals surface area contributed by atoms with E-state index in [2.05, 4.69) is 12.2 Å². The molecule has 0 unspecified atom stereocenters. The summed E-state index contributed by atoms with van der Waals surface area (Å²) in [6, 6.07) is 2.01. The van der Waals surface area contributed by atoms with E-state index in [0.29, 0.717) is 6.61 Å². The highest BCUT2D eigenvalue weighted by Crippen LogP contribution is 2.18. The van der Waals surface area contributed by atoms with Crippen LogP contribution in [0.15, 0.2) is 12.3 Å². The first-order valence-corrected chi connectivity index (χ1v) is 4.31. The Morgan fingerprint density at radius 1 is 1.50 bits per heavy atom. The predicted octanol–water partition coefficient (Wildman–Crippen LogP) is 1.86. The molecule has 0 aliphatic carbocycles. The number of anilines is 1. The molecule has 1 heterocycles. The number of hydrogen-bond acceptors (Lipinski definition) is 2. The minimum atomic E-state index is 0.712. The Kier molecular flexibility index (Phi) is 3.02. The minimum absolute atomic E-state index is 0.712. The Bertz CT molecular complexity index is 243. The van der Waals surface area contributed by atoms with Gasteiger partial charge < -0.3 is 14.6 Å². The summed E-state index contributed by atoms with van der Waals surface area (Å²) >= 11 is 0. The van der Waals surface area contributed by atoms with E-state index < -0.39 is 0 Å². The summed E-state index contributed by atoms with van der Waals surface area (Å²) < 4.78 is 7.36. The number of aryl methyl sites for hydroxylation is 1. The van der Waals surface area contributed by atoms with Crippen LogP contribution in [0, 0.1) is 0 Å². The van der Waals surface area contributed by atoms with Crippen molar-refractivity contribution in [2.75, 3.05) is 18.5 Å². The summed E-state index contributed by atoms with van der Waals surface area (Å²) in [6.07, 6.45) is 2.02. The third-order valence-electron chi connectivity index (χ3n) is 1.63. The van der Waals surface area contributed by atoms with Crippen LogP contribution in [0.25, 0.3) is 0 Å². The molecular formula is C9H16N2O. The molecule has 1 rings (SSSR count). The van der Waals surface area contributed by atoms with Crippen molar-refractivity contribution in [2.45, 2.75) is 13.8 Å². The lowest BCUT2D eigenvalue weighted by molar-refractivity contribution is 0.315. The minimum Gasteiger partial charge on any atom is -0.479 e. The topological polar surface area (TPSA) is 26.2 Å². The van der Waals surface area contributed by atoms with E-state index >= 15 is 0 Å². The zero-order valence-electron chi connectivity index (χ0n) is 7.92. The molecule has 0 amide bonds. The average Bonchev–Trinajstić information content (AvgIpc) is 2.34. The SMILES string of the molecule is CCNc1cc(OCC)n(C)c1. The third-order valence-corrected chi connectivity index (χ3v) is 1.63. The van der Waals surface area contributed by atoms with E-state index in [1.807, 2.05) is 30.8 Å². The molecule has 3 heteroatoms. The van der Waals surface area contributed by atoms with E-state index in [1.54, 1.807) is 0 Å². The van der Waals surface area contributed by atoms with Crippen LogP contribution >= 0.6 is 0 Å². The van der Waals surface area contributed by atoms with Crippen LogP contribution in [-0.2, 0) is 7.05 Å². The number of ether oxygens (including phenoxy) is 1. The first-order valence-electron chi connectivity index (χ1n) is 4.31. The van der Waals surface area contributed by atoms with Crippen molar-refractivity contribution in [1.82, 2.24) is 4.57 Å². The molecule has 0 saturated heterocycles. The summed E-state index contributed by atoms with van der Waals surface area (Å²) in [5, 5.41) is 3.23. The summed E-state index contributed by atoms with van der Waals surface area (Å²) in [6.45, 7) is 5.71. The molecule has 0 radical (unpaired) electrons. The normalized spacial score (nSPS) is 9.92. The maximum atomic E-state index is 5.39. The molecule has 68 valence electrons. The van der Waals surface area contributed by atoms with Crippen LogP contribution in [0.3, 0.4) is 0 Å². The van der Waals surface area contributed by atoms with Crippen LogP contribution in [0.2, 0.25) is 0 Å². The molecule has 0 aliphatic rings. The van der Waals surface area contributed by atoms with Gasteiger partial charge in [0.15, 0.2) is 5.88 Å². The van der Waals surface area contributed by atoms with Crippen LogP contribution in [-0.4, -0.2) is 17.7 Å². The molecule has 1 aromatic rings. The third kappa shape index (κ3) is 1.94. The molecule has 0 spiro atoms. The van der Waals surface area contributed by atoms with Crippen LogP contribution in [0.1, 0.15) is 13.8 Å². The fourth-order valence-corrected chi connectivity index (χ4v) is 1.14. The highest BCUT2D eigenvalue weighted by molar-refractivity contribution is 5.46. The zero-order chi connectivity index (χ0) is 8.97. The summed E-state index contributed by atoms with van der Waals surface area (Å²) in [7, 11) is 1.98. The summed E-state index contributed by atoms with van der Waals surface area (Å²) in [4.78, 5) is 0. The molecule has 0 aromatic carbocycles. The first-order chi connectivity index (χ1) is 5.77. The van der Waals surface area contributed by atoms with E-state index in [9.17, 15) is 0 Å². The Balaban J connectivity index is 2.70. The summed E-state index contributed by atoms with van der Waals surface area (Å²) in [5.74, 6) is 0.911. The first kappa shape index (κ1) is 8.97. The lowest BCUT2D eigenvalue weighted by Gasteiger charge is -2.01. The maximum Gasteiger partial charge on any atom is 0.195 e. The Hall–Kier alpha value is -1.12. The van der Waals surface area contributed by atoms with Gasteiger partial charge in [0.25, 0.3) is 0 Å². The second-order valence-electron chi connectivity index (χ2n) is 2.64. The molecule has 1 aromatic heterocycles. The maximum absolute atomic E-state index is 5.39. The van der Waals surface area contributed by atoms with Crippen LogP contribution in [0.5, 0.6) is 5.88 Å². The van der Waals surface area contributed by atoms with Crippen molar-refractivity contribution < 1.29 is 4.74 Å². The fraction of sp³-hybridized carbons (Fsp3) is 0.556. The molecule has 0 bridgehead atoms. The Labute approximate surface area is 73.3 Å². The number of nitrogens with one attached hydrogen (secondary N) is 1. The van der Waals surface area contributed by atoms with Gasteiger partial charge in [-0.1, -0.05) is 0 Å². The van der Waals surface area contributed by atoms with E-state index in [4.69, 9.17) is 4.74 Å². The smallest absolute Gasteiger partial charge is 0.195 e. The highest BCUT2D eigenvalue weighted by Gasteiger charge is 2.01. The molecule has 1 N–H and O–H groups in total. The van der Waals surface area contributed by atoms with Gasteiger partial charge in [0.05, 0.1) is 12.3 Å². The van der Waals surface area contributed by atoms with Crippen molar-refractivity contribution in [3.63, 3.8) is 0 Å². The average molecular weight is 168 g/mol. The fourth-order valence-electron chi connectivity index (χ4n) is 1.14. The molecular weight excluding hydrogens is 152 g/mol. The second kappa shape index (κ2) is 4.04. The van der Waals surface area contributed by atoms with Gasteiger partial charge in [0, 0.05) is 25.9 Å². The molecule has 0 atom stereocenters. The van der Waals surface area contributed by atoms with E-state index in [1.165, 1.54) is 0 Å². The van der Waals surface area contributed by atoms with Gasteiger partial charge in [-0.15, -0.1) is 0 Å². The van der Waals surface area contributed by atoms with Gasteiger partial charge >= 0.3 is 0 Å². The molecule has 3 nitrogen and oxygen atoms in total. The molecule has 0 aliphatic heterocycles. The standard InChI is InChI=1S/C9H16N2O/c1-4-10-8-6-9(12-5-2)11(3)7-8/h6-7,10H,4-5H2,1-3H3. The predicted molar refractivity (Wildman–Crippen MR) is 50.7 cm³/mol. The van der Waals surface area contributed by atoms with Crippen LogP contribution < -0.4 is 10.1 Å². The van der Waals surface area contributed by atoms with Crippen LogP contribution in [0.4, 0.5) is 5.69 Å². The largest absolute Gasteiger partial charge is 0.479 e. The Morgan fingerprint density at radius 3 is 2.83 bits per heavy atom. The number of nitrogens with zero attached hydrogens (tertiary/aromatic N) is 1. The molecule has 0 fully saturated rings. The van der Waals surface area contributed by atoms with Gasteiger partial charge in [-0.2, -0.15) is 0 Å².